The summed E-state index contributed by atoms with van der Waals surface area (Å²) in [7, 11) is -1.42. The molecule has 0 N–H and O–H groups in total. The molecule has 1 aliphatic heterocycles. The summed E-state index contributed by atoms with van der Waals surface area (Å²) in [4.78, 5) is 26.1. The molecule has 27 heavy (non-hydrogen) atoms. The maximum absolute atomic E-state index is 12.6. The average molecular weight is 418 g/mol. The van der Waals surface area contributed by atoms with Crippen molar-refractivity contribution in [3.05, 3.63) is 22.5 Å². The summed E-state index contributed by atoms with van der Waals surface area (Å²) in [6.45, 7) is 5.35. The van der Waals surface area contributed by atoms with Gasteiger partial charge < -0.3 is 9.64 Å². The van der Waals surface area contributed by atoms with Gasteiger partial charge in [-0.25, -0.2) is 13.2 Å². The van der Waals surface area contributed by atoms with Gasteiger partial charge in [-0.05, 0) is 33.3 Å². The van der Waals surface area contributed by atoms with Gasteiger partial charge >= 0.3 is 5.97 Å². The minimum Gasteiger partial charge on any atom is -0.449 e. The standard InChI is InChI=1S/C17H24ClN3O5S/c1-5-21(13-8-9-27(24,25)10-13)17(23)12(3)26-15(22)7-6-14-11(2)19-20(4)16(14)18/h6-7,12-13H,5,8-10H2,1-4H3/b7-6+. The van der Waals surface area contributed by atoms with E-state index in [1.807, 2.05) is 0 Å². The molecule has 8 nitrogen and oxygen atoms in total. The Morgan fingerprint density at radius 2 is 2.15 bits per heavy atom. The van der Waals surface area contributed by atoms with Crippen LogP contribution in [-0.2, 0) is 31.2 Å². The summed E-state index contributed by atoms with van der Waals surface area (Å²) < 4.78 is 30.0. The number of likely N-dealkylation sites (N-methyl/N-ethyl adjacent to an activating group) is 1. The maximum atomic E-state index is 12.6. The van der Waals surface area contributed by atoms with Crippen molar-refractivity contribution in [3.63, 3.8) is 0 Å². The largest absolute Gasteiger partial charge is 0.449 e. The highest BCUT2D eigenvalue weighted by Crippen LogP contribution is 2.21. The molecule has 0 spiro atoms. The molecule has 0 radical (unpaired) electrons. The van der Waals surface area contributed by atoms with Crippen LogP contribution >= 0.6 is 11.6 Å². The van der Waals surface area contributed by atoms with E-state index in [4.69, 9.17) is 16.3 Å². The first-order valence-electron chi connectivity index (χ1n) is 8.64. The lowest BCUT2D eigenvalue weighted by Gasteiger charge is -2.29. The normalized spacial score (nSPS) is 20.0. The maximum Gasteiger partial charge on any atom is 0.331 e. The molecule has 2 rings (SSSR count). The molecule has 150 valence electrons. The summed E-state index contributed by atoms with van der Waals surface area (Å²) in [6, 6.07) is -0.374. The SMILES string of the molecule is CCN(C(=O)C(C)OC(=O)/C=C/c1c(C)nn(C)c1Cl)C1CCS(=O)(=O)C1. The van der Waals surface area contributed by atoms with Crippen LogP contribution in [0.4, 0.5) is 0 Å². The second-order valence-electron chi connectivity index (χ2n) is 6.51. The van der Waals surface area contributed by atoms with Crippen LogP contribution in [-0.4, -0.2) is 65.2 Å². The zero-order valence-corrected chi connectivity index (χ0v) is 17.4. The highest BCUT2D eigenvalue weighted by molar-refractivity contribution is 7.91. The Morgan fingerprint density at radius 1 is 1.48 bits per heavy atom. The van der Waals surface area contributed by atoms with E-state index in [9.17, 15) is 18.0 Å². The van der Waals surface area contributed by atoms with Gasteiger partial charge in [-0.15, -0.1) is 0 Å². The number of aromatic nitrogens is 2. The van der Waals surface area contributed by atoms with Gasteiger partial charge in [0.1, 0.15) is 5.15 Å². The van der Waals surface area contributed by atoms with Crippen LogP contribution in [0.1, 0.15) is 31.5 Å². The molecular formula is C17H24ClN3O5S. The van der Waals surface area contributed by atoms with E-state index in [-0.39, 0.29) is 17.5 Å². The fraction of sp³-hybridized carbons (Fsp3) is 0.588. The molecular weight excluding hydrogens is 394 g/mol. The molecule has 2 atom stereocenters. The van der Waals surface area contributed by atoms with Crippen molar-refractivity contribution in [2.75, 3.05) is 18.1 Å². The van der Waals surface area contributed by atoms with Gasteiger partial charge in [-0.1, -0.05) is 11.6 Å². The molecule has 10 heteroatoms. The van der Waals surface area contributed by atoms with Crippen molar-refractivity contribution in [2.45, 2.75) is 39.3 Å². The Hall–Kier alpha value is -1.87. The Morgan fingerprint density at radius 3 is 2.63 bits per heavy atom. The molecule has 2 heterocycles. The van der Waals surface area contributed by atoms with E-state index in [1.54, 1.807) is 20.9 Å². The van der Waals surface area contributed by atoms with Crippen LogP contribution in [0.25, 0.3) is 6.08 Å². The molecule has 1 amide bonds. The number of amides is 1. The van der Waals surface area contributed by atoms with Crippen molar-refractivity contribution in [1.82, 2.24) is 14.7 Å². The minimum absolute atomic E-state index is 0.0497. The monoisotopic (exact) mass is 417 g/mol. The molecule has 0 aromatic carbocycles. The van der Waals surface area contributed by atoms with E-state index in [0.717, 1.165) is 0 Å². The first kappa shape index (κ1) is 21.4. The molecule has 1 fully saturated rings. The zero-order valence-electron chi connectivity index (χ0n) is 15.8. The molecule has 1 aromatic heterocycles. The number of hydrogen-bond donors (Lipinski definition) is 0. The van der Waals surface area contributed by atoms with Crippen molar-refractivity contribution < 1.29 is 22.7 Å². The van der Waals surface area contributed by atoms with Gasteiger partial charge in [-0.2, -0.15) is 5.10 Å². The van der Waals surface area contributed by atoms with Crippen molar-refractivity contribution in [1.29, 1.82) is 0 Å². The third-order valence-electron chi connectivity index (χ3n) is 4.50. The highest BCUT2D eigenvalue weighted by atomic mass is 35.5. The van der Waals surface area contributed by atoms with E-state index in [2.05, 4.69) is 5.10 Å². The predicted octanol–water partition coefficient (Wildman–Crippen LogP) is 1.36. The van der Waals surface area contributed by atoms with Crippen LogP contribution in [0.2, 0.25) is 5.15 Å². The molecule has 2 unspecified atom stereocenters. The number of halogens is 1. The summed E-state index contributed by atoms with van der Waals surface area (Å²) in [6.07, 6.45) is 2.07. The van der Waals surface area contributed by atoms with Gasteiger partial charge in [0.25, 0.3) is 5.91 Å². The van der Waals surface area contributed by atoms with Gasteiger partial charge in [-0.3, -0.25) is 9.48 Å². The Balaban J connectivity index is 2.00. The Kier molecular flexibility index (Phi) is 6.69. The van der Waals surface area contributed by atoms with Gasteiger partial charge in [0, 0.05) is 31.3 Å². The summed E-state index contributed by atoms with van der Waals surface area (Å²) in [5, 5.41) is 4.53. The fourth-order valence-electron chi connectivity index (χ4n) is 3.10. The van der Waals surface area contributed by atoms with E-state index in [1.165, 1.54) is 28.7 Å². The van der Waals surface area contributed by atoms with Crippen LogP contribution in [0, 0.1) is 6.92 Å². The van der Waals surface area contributed by atoms with Crippen molar-refractivity contribution in [2.24, 2.45) is 7.05 Å². The quantitative estimate of drug-likeness (QED) is 0.512. The molecule has 1 saturated heterocycles. The Labute approximate surface area is 164 Å². The first-order chi connectivity index (χ1) is 12.6. The lowest BCUT2D eigenvalue weighted by molar-refractivity contribution is -0.156. The summed E-state index contributed by atoms with van der Waals surface area (Å²) in [5.74, 6) is -1.07. The third kappa shape index (κ3) is 5.10. The van der Waals surface area contributed by atoms with Crippen molar-refractivity contribution >= 4 is 39.4 Å². The van der Waals surface area contributed by atoms with Crippen LogP contribution < -0.4 is 0 Å². The summed E-state index contributed by atoms with van der Waals surface area (Å²) >= 11 is 6.10. The van der Waals surface area contributed by atoms with E-state index >= 15 is 0 Å². The van der Waals surface area contributed by atoms with Crippen molar-refractivity contribution in [3.8, 4) is 0 Å². The fourth-order valence-corrected chi connectivity index (χ4v) is 5.07. The van der Waals surface area contributed by atoms with E-state index in [0.29, 0.717) is 29.4 Å². The second-order valence-corrected chi connectivity index (χ2v) is 9.09. The number of ether oxygens (including phenoxy) is 1. The first-order valence-corrected chi connectivity index (χ1v) is 10.8. The number of carbonyl (C=O) groups excluding carboxylic acids is 2. The second kappa shape index (κ2) is 8.43. The number of rotatable bonds is 6. The number of hydrogen-bond acceptors (Lipinski definition) is 6. The number of esters is 1. The number of sulfone groups is 1. The molecule has 0 saturated carbocycles. The lowest BCUT2D eigenvalue weighted by atomic mass is 10.2. The zero-order chi connectivity index (χ0) is 20.4. The third-order valence-corrected chi connectivity index (χ3v) is 6.69. The molecule has 1 aromatic rings. The van der Waals surface area contributed by atoms with Crippen LogP contribution in [0.3, 0.4) is 0 Å². The minimum atomic E-state index is -3.11. The number of aryl methyl sites for hydroxylation is 2. The highest BCUT2D eigenvalue weighted by Gasteiger charge is 2.36. The van der Waals surface area contributed by atoms with Gasteiger partial charge in [0.2, 0.25) is 0 Å². The topological polar surface area (TPSA) is 98.6 Å². The molecule has 0 bridgehead atoms. The lowest BCUT2D eigenvalue weighted by Crippen LogP contribution is -2.46. The van der Waals surface area contributed by atoms with Gasteiger partial charge in [0.15, 0.2) is 15.9 Å². The number of carbonyl (C=O) groups is 2. The smallest absolute Gasteiger partial charge is 0.331 e. The average Bonchev–Trinajstić information content (AvgIpc) is 3.05. The van der Waals surface area contributed by atoms with Crippen LogP contribution in [0.5, 0.6) is 0 Å². The number of nitrogens with zero attached hydrogens (tertiary/aromatic N) is 3. The predicted molar refractivity (Wildman–Crippen MR) is 102 cm³/mol. The molecule has 1 aliphatic rings. The van der Waals surface area contributed by atoms with E-state index < -0.39 is 27.8 Å². The molecule has 0 aliphatic carbocycles. The Bertz CT molecular complexity index is 862. The van der Waals surface area contributed by atoms with Gasteiger partial charge in [0.05, 0.1) is 17.2 Å². The van der Waals surface area contributed by atoms with Crippen LogP contribution in [0.15, 0.2) is 6.08 Å². The summed E-state index contributed by atoms with van der Waals surface area (Å²) in [5.41, 5.74) is 1.26.